The Bertz CT molecular complexity index is 929. The first-order valence-electron chi connectivity index (χ1n) is 9.92. The Morgan fingerprint density at radius 2 is 1.62 bits per heavy atom. The average Bonchev–Trinajstić information content (AvgIpc) is 3.06. The van der Waals surface area contributed by atoms with Crippen molar-refractivity contribution >= 4 is 5.96 Å². The standard InChI is InChI=1S/C23H30N6/c1-18-27-28-21(29(18)4)16-25-22(24-15-19-11-7-5-8-12-19)26-17-23(2,3)20-13-9-6-10-14-20/h5-14H,15-17H2,1-4H3,(H2,24,25,26). The second-order valence-electron chi connectivity index (χ2n) is 7.83. The maximum absolute atomic E-state index is 4.78. The third-order valence-corrected chi connectivity index (χ3v) is 5.11. The summed E-state index contributed by atoms with van der Waals surface area (Å²) in [7, 11) is 1.97. The monoisotopic (exact) mass is 390 g/mol. The molecular weight excluding hydrogens is 360 g/mol. The van der Waals surface area contributed by atoms with Crippen LogP contribution >= 0.6 is 0 Å². The quantitative estimate of drug-likeness (QED) is 0.480. The summed E-state index contributed by atoms with van der Waals surface area (Å²) in [5, 5.41) is 15.3. The first kappa shape index (κ1) is 20.6. The van der Waals surface area contributed by atoms with Gasteiger partial charge in [-0.15, -0.1) is 10.2 Å². The molecule has 0 aliphatic heterocycles. The van der Waals surface area contributed by atoms with Gasteiger partial charge in [0.15, 0.2) is 11.8 Å². The van der Waals surface area contributed by atoms with Crippen molar-refractivity contribution < 1.29 is 0 Å². The minimum absolute atomic E-state index is 0.0299. The Labute approximate surface area is 173 Å². The van der Waals surface area contributed by atoms with Crippen LogP contribution in [0.3, 0.4) is 0 Å². The van der Waals surface area contributed by atoms with E-state index in [1.807, 2.05) is 42.8 Å². The first-order valence-corrected chi connectivity index (χ1v) is 9.92. The summed E-state index contributed by atoms with van der Waals surface area (Å²) in [6, 6.07) is 20.8. The molecule has 152 valence electrons. The number of benzene rings is 2. The minimum atomic E-state index is -0.0299. The third kappa shape index (κ3) is 5.67. The van der Waals surface area contributed by atoms with Gasteiger partial charge in [-0.25, -0.2) is 4.99 Å². The molecule has 0 fully saturated rings. The lowest BCUT2D eigenvalue weighted by Crippen LogP contribution is -2.43. The Kier molecular flexibility index (Phi) is 6.65. The molecule has 6 heteroatoms. The molecule has 2 aromatic carbocycles. The van der Waals surface area contributed by atoms with E-state index in [2.05, 4.69) is 71.1 Å². The van der Waals surface area contributed by atoms with Gasteiger partial charge in [-0.1, -0.05) is 74.5 Å². The topological polar surface area (TPSA) is 67.1 Å². The summed E-state index contributed by atoms with van der Waals surface area (Å²) in [5.41, 5.74) is 2.43. The highest BCUT2D eigenvalue weighted by Crippen LogP contribution is 2.21. The van der Waals surface area contributed by atoms with Crippen LogP contribution in [0.25, 0.3) is 0 Å². The Hall–Kier alpha value is -3.15. The predicted molar refractivity (Wildman–Crippen MR) is 118 cm³/mol. The zero-order valence-electron chi connectivity index (χ0n) is 17.7. The van der Waals surface area contributed by atoms with Crippen molar-refractivity contribution in [3.63, 3.8) is 0 Å². The SMILES string of the molecule is Cc1nnc(CNC(=NCc2ccccc2)NCC(C)(C)c2ccccc2)n1C. The van der Waals surface area contributed by atoms with Crippen LogP contribution in [0, 0.1) is 6.92 Å². The average molecular weight is 391 g/mol. The zero-order chi connectivity index (χ0) is 20.7. The van der Waals surface area contributed by atoms with Crippen molar-refractivity contribution in [2.45, 2.75) is 39.3 Å². The normalized spacial score (nSPS) is 12.1. The minimum Gasteiger partial charge on any atom is -0.356 e. The molecule has 3 rings (SSSR count). The molecule has 0 radical (unpaired) electrons. The van der Waals surface area contributed by atoms with Crippen molar-refractivity contribution in [2.24, 2.45) is 12.0 Å². The van der Waals surface area contributed by atoms with Crippen molar-refractivity contribution in [3.8, 4) is 0 Å². The summed E-state index contributed by atoms with van der Waals surface area (Å²) in [6.07, 6.45) is 0. The highest BCUT2D eigenvalue weighted by atomic mass is 15.3. The van der Waals surface area contributed by atoms with Gasteiger partial charge in [0.05, 0.1) is 13.1 Å². The summed E-state index contributed by atoms with van der Waals surface area (Å²) in [4.78, 5) is 4.78. The summed E-state index contributed by atoms with van der Waals surface area (Å²) in [5.74, 6) is 2.53. The molecule has 2 N–H and O–H groups in total. The molecule has 6 nitrogen and oxygen atoms in total. The summed E-state index contributed by atoms with van der Waals surface area (Å²) < 4.78 is 1.98. The van der Waals surface area contributed by atoms with Crippen molar-refractivity contribution in [3.05, 3.63) is 83.4 Å². The molecule has 0 amide bonds. The van der Waals surface area contributed by atoms with Crippen LogP contribution in [0.1, 0.15) is 36.6 Å². The predicted octanol–water partition coefficient (Wildman–Crippen LogP) is 3.34. The molecule has 0 spiro atoms. The van der Waals surface area contributed by atoms with E-state index in [4.69, 9.17) is 4.99 Å². The molecule has 0 aliphatic rings. The molecule has 0 atom stereocenters. The number of hydrogen-bond acceptors (Lipinski definition) is 3. The molecular formula is C23H30N6. The number of nitrogens with zero attached hydrogens (tertiary/aromatic N) is 4. The molecule has 0 saturated carbocycles. The fraction of sp³-hybridized carbons (Fsp3) is 0.348. The number of guanidine groups is 1. The third-order valence-electron chi connectivity index (χ3n) is 5.11. The van der Waals surface area contributed by atoms with Gasteiger partial charge >= 0.3 is 0 Å². The number of aromatic nitrogens is 3. The van der Waals surface area contributed by atoms with Gasteiger partial charge in [0.2, 0.25) is 0 Å². The van der Waals surface area contributed by atoms with E-state index in [1.54, 1.807) is 0 Å². The lowest BCUT2D eigenvalue weighted by Gasteiger charge is -2.27. The lowest BCUT2D eigenvalue weighted by molar-refractivity contribution is 0.507. The molecule has 0 aliphatic carbocycles. The van der Waals surface area contributed by atoms with Crippen LogP contribution in [0.15, 0.2) is 65.7 Å². The molecule has 0 bridgehead atoms. The van der Waals surface area contributed by atoms with E-state index < -0.39 is 0 Å². The molecule has 1 heterocycles. The Morgan fingerprint density at radius 1 is 0.966 bits per heavy atom. The van der Waals surface area contributed by atoms with Gasteiger partial charge in [0.25, 0.3) is 0 Å². The van der Waals surface area contributed by atoms with Gasteiger partial charge < -0.3 is 15.2 Å². The van der Waals surface area contributed by atoms with Crippen LogP contribution in [0.4, 0.5) is 0 Å². The second kappa shape index (κ2) is 9.37. The van der Waals surface area contributed by atoms with E-state index in [0.29, 0.717) is 13.1 Å². The van der Waals surface area contributed by atoms with Crippen LogP contribution in [-0.4, -0.2) is 27.3 Å². The van der Waals surface area contributed by atoms with Gasteiger partial charge in [-0.3, -0.25) is 0 Å². The fourth-order valence-electron chi connectivity index (χ4n) is 2.99. The van der Waals surface area contributed by atoms with E-state index in [-0.39, 0.29) is 5.41 Å². The number of hydrogen-bond donors (Lipinski definition) is 2. The highest BCUT2D eigenvalue weighted by molar-refractivity contribution is 5.79. The van der Waals surface area contributed by atoms with E-state index in [1.165, 1.54) is 11.1 Å². The van der Waals surface area contributed by atoms with Gasteiger partial charge in [0.1, 0.15) is 5.82 Å². The smallest absolute Gasteiger partial charge is 0.192 e. The van der Waals surface area contributed by atoms with Crippen LogP contribution in [0.5, 0.6) is 0 Å². The Morgan fingerprint density at radius 3 is 2.24 bits per heavy atom. The molecule has 29 heavy (non-hydrogen) atoms. The molecule has 1 aromatic heterocycles. The zero-order valence-corrected chi connectivity index (χ0v) is 17.7. The van der Waals surface area contributed by atoms with E-state index in [0.717, 1.165) is 24.2 Å². The maximum atomic E-state index is 4.78. The van der Waals surface area contributed by atoms with Crippen LogP contribution < -0.4 is 10.6 Å². The summed E-state index contributed by atoms with van der Waals surface area (Å²) >= 11 is 0. The molecule has 3 aromatic rings. The van der Waals surface area contributed by atoms with Crippen molar-refractivity contribution in [1.29, 1.82) is 0 Å². The second-order valence-corrected chi connectivity index (χ2v) is 7.83. The van der Waals surface area contributed by atoms with Crippen LogP contribution in [0.2, 0.25) is 0 Å². The van der Waals surface area contributed by atoms with E-state index in [9.17, 15) is 0 Å². The van der Waals surface area contributed by atoms with Crippen molar-refractivity contribution in [2.75, 3.05) is 6.54 Å². The number of aryl methyl sites for hydroxylation is 1. The number of aliphatic imine (C=N–C) groups is 1. The molecule has 0 unspecified atom stereocenters. The molecule has 0 saturated heterocycles. The largest absolute Gasteiger partial charge is 0.356 e. The van der Waals surface area contributed by atoms with E-state index >= 15 is 0 Å². The Balaban J connectivity index is 1.70. The van der Waals surface area contributed by atoms with Crippen LogP contribution in [-0.2, 0) is 25.6 Å². The van der Waals surface area contributed by atoms with Gasteiger partial charge in [0, 0.05) is 19.0 Å². The summed E-state index contributed by atoms with van der Waals surface area (Å²) in [6.45, 7) is 8.34. The fourth-order valence-corrected chi connectivity index (χ4v) is 2.99. The van der Waals surface area contributed by atoms with Gasteiger partial charge in [-0.2, -0.15) is 0 Å². The van der Waals surface area contributed by atoms with Gasteiger partial charge in [-0.05, 0) is 18.1 Å². The number of rotatable bonds is 7. The first-order chi connectivity index (χ1) is 14.0. The van der Waals surface area contributed by atoms with Crippen molar-refractivity contribution in [1.82, 2.24) is 25.4 Å². The highest BCUT2D eigenvalue weighted by Gasteiger charge is 2.20. The lowest BCUT2D eigenvalue weighted by atomic mass is 9.85. The maximum Gasteiger partial charge on any atom is 0.192 e. The number of nitrogens with one attached hydrogen (secondary N) is 2.